The molecule has 0 spiro atoms. The number of carbonyl (C=O) groups excluding carboxylic acids is 3. The number of allylic oxidation sites excluding steroid dienone is 2. The molecule has 156 valence electrons. The molecule has 0 aromatic heterocycles. The normalized spacial score (nSPS) is 35.4. The number of ketones is 2. The van der Waals surface area contributed by atoms with Crippen LogP contribution >= 0.6 is 0 Å². The Morgan fingerprint density at radius 3 is 2.66 bits per heavy atom. The monoisotopic (exact) mass is 403 g/mol. The van der Waals surface area contributed by atoms with Gasteiger partial charge < -0.3 is 30.2 Å². The van der Waals surface area contributed by atoms with Gasteiger partial charge in [-0.3, -0.25) is 9.59 Å². The fourth-order valence-electron chi connectivity index (χ4n) is 5.30. The zero-order valence-electron chi connectivity index (χ0n) is 16.5. The number of nitrogens with one attached hydrogen (secondary N) is 1. The Morgan fingerprint density at radius 2 is 2.03 bits per heavy atom. The summed E-state index contributed by atoms with van der Waals surface area (Å²) in [5.74, 6) is -0.648. The Morgan fingerprint density at radius 1 is 1.28 bits per heavy atom. The lowest BCUT2D eigenvalue weighted by molar-refractivity contribution is -0.137. The fourth-order valence-corrected chi connectivity index (χ4v) is 5.30. The summed E-state index contributed by atoms with van der Waals surface area (Å²) in [6.45, 7) is 2.48. The summed E-state index contributed by atoms with van der Waals surface area (Å²) in [6.07, 6.45) is 2.39. The number of carbonyl (C=O) groups is 3. The van der Waals surface area contributed by atoms with Crippen LogP contribution in [0.2, 0.25) is 0 Å². The second-order valence-electron chi connectivity index (χ2n) is 8.48. The highest BCUT2D eigenvalue weighted by Crippen LogP contribution is 2.55. The van der Waals surface area contributed by atoms with Crippen LogP contribution in [-0.4, -0.2) is 67.2 Å². The first kappa shape index (κ1) is 18.6. The van der Waals surface area contributed by atoms with Gasteiger partial charge in [0.25, 0.3) is 0 Å². The van der Waals surface area contributed by atoms with Crippen LogP contribution in [0.1, 0.15) is 26.2 Å². The third kappa shape index (κ3) is 2.43. The van der Waals surface area contributed by atoms with E-state index in [4.69, 9.17) is 19.9 Å². The zero-order valence-corrected chi connectivity index (χ0v) is 16.5. The number of ether oxygens (including phenoxy) is 3. The Labute approximate surface area is 168 Å². The van der Waals surface area contributed by atoms with E-state index < -0.39 is 17.7 Å². The van der Waals surface area contributed by atoms with E-state index in [9.17, 15) is 14.4 Å². The SMILES string of the molecule is CO[C@@]12[C@H](COC(N)=O)C3=C(C(=O)C(C)=C(OCC4CCC4)C3=O)N1C[C@@H]1N[C@@H]12. The van der Waals surface area contributed by atoms with E-state index in [1.807, 2.05) is 4.90 Å². The molecule has 1 saturated carbocycles. The van der Waals surface area contributed by atoms with Crippen LogP contribution in [0.25, 0.3) is 0 Å². The van der Waals surface area contributed by atoms with E-state index in [0.717, 1.165) is 12.8 Å². The van der Waals surface area contributed by atoms with Crippen LogP contribution in [0.3, 0.4) is 0 Å². The van der Waals surface area contributed by atoms with Crippen molar-refractivity contribution in [2.75, 3.05) is 26.9 Å². The number of fused-ring (bicyclic) bond motifs is 4. The van der Waals surface area contributed by atoms with Gasteiger partial charge in [0.15, 0.2) is 11.5 Å². The zero-order chi connectivity index (χ0) is 20.5. The summed E-state index contributed by atoms with van der Waals surface area (Å²) >= 11 is 0. The Balaban J connectivity index is 1.52. The predicted molar refractivity (Wildman–Crippen MR) is 99.2 cm³/mol. The van der Waals surface area contributed by atoms with Crippen LogP contribution < -0.4 is 11.1 Å². The van der Waals surface area contributed by atoms with Crippen LogP contribution in [0.15, 0.2) is 22.6 Å². The highest BCUT2D eigenvalue weighted by atomic mass is 16.6. The van der Waals surface area contributed by atoms with Gasteiger partial charge in [-0.05, 0) is 25.7 Å². The Hall–Kier alpha value is -2.39. The van der Waals surface area contributed by atoms with E-state index in [0.29, 0.717) is 35.9 Å². The average molecular weight is 403 g/mol. The molecule has 3 heterocycles. The first-order valence-electron chi connectivity index (χ1n) is 10.1. The van der Waals surface area contributed by atoms with Crippen molar-refractivity contribution in [1.82, 2.24) is 10.2 Å². The lowest BCUT2D eigenvalue weighted by Gasteiger charge is -2.39. The van der Waals surface area contributed by atoms with Crippen LogP contribution in [0, 0.1) is 11.8 Å². The molecule has 4 atom stereocenters. The molecule has 0 aromatic rings. The second-order valence-corrected chi connectivity index (χ2v) is 8.48. The van der Waals surface area contributed by atoms with Gasteiger partial charge in [-0.1, -0.05) is 6.42 Å². The number of nitrogens with zero attached hydrogens (tertiary/aromatic N) is 1. The second kappa shape index (κ2) is 6.30. The third-order valence-corrected chi connectivity index (χ3v) is 7.06. The number of Topliss-reactive ketones (excluding diaryl/α,β-unsaturated/α-hetero) is 2. The number of primary amides is 1. The van der Waals surface area contributed by atoms with Gasteiger partial charge in [0.05, 0.1) is 24.3 Å². The largest absolute Gasteiger partial charge is 0.489 e. The molecule has 9 nitrogen and oxygen atoms in total. The molecule has 3 aliphatic heterocycles. The summed E-state index contributed by atoms with van der Waals surface area (Å²) in [6, 6.07) is 0.114. The standard InChI is InChI=1S/C20H25N3O6/c1-9-15(24)14-13(16(25)17(9)28-7-10-4-3-5-10)11(8-29-19(21)26)20(27-2)18-12(22-18)6-23(14)20/h10-12,18,22H,3-8H2,1-2H3,(H2,21,26)/t11-,12+,18+,20-/m1/s1. The molecule has 0 aromatic carbocycles. The molecule has 29 heavy (non-hydrogen) atoms. The maximum atomic E-state index is 13.5. The van der Waals surface area contributed by atoms with Crippen molar-refractivity contribution < 1.29 is 28.6 Å². The molecule has 0 radical (unpaired) electrons. The maximum Gasteiger partial charge on any atom is 0.404 e. The van der Waals surface area contributed by atoms with Crippen LogP contribution in [0.4, 0.5) is 4.79 Å². The number of hydrogen-bond acceptors (Lipinski definition) is 8. The minimum Gasteiger partial charge on any atom is -0.489 e. The van der Waals surface area contributed by atoms with Gasteiger partial charge in [0, 0.05) is 30.8 Å². The quantitative estimate of drug-likeness (QED) is 0.475. The lowest BCUT2D eigenvalue weighted by atomic mass is 9.82. The van der Waals surface area contributed by atoms with Crippen molar-refractivity contribution in [3.63, 3.8) is 0 Å². The molecule has 9 heteroatoms. The highest BCUT2D eigenvalue weighted by molar-refractivity contribution is 6.25. The molecule has 5 rings (SSSR count). The molecule has 3 fully saturated rings. The van der Waals surface area contributed by atoms with Crippen molar-refractivity contribution in [2.45, 2.75) is 44.0 Å². The molecular formula is C20H25N3O6. The minimum absolute atomic E-state index is 0.0557. The summed E-state index contributed by atoms with van der Waals surface area (Å²) < 4.78 is 16.9. The van der Waals surface area contributed by atoms with Crippen molar-refractivity contribution >= 4 is 17.7 Å². The smallest absolute Gasteiger partial charge is 0.404 e. The van der Waals surface area contributed by atoms with Gasteiger partial charge in [0.1, 0.15) is 6.61 Å². The van der Waals surface area contributed by atoms with E-state index in [1.165, 1.54) is 6.42 Å². The lowest BCUT2D eigenvalue weighted by Crippen LogP contribution is -2.55. The molecule has 1 amide bonds. The minimum atomic E-state index is -0.959. The average Bonchev–Trinajstić information content (AvgIpc) is 3.26. The summed E-state index contributed by atoms with van der Waals surface area (Å²) in [5, 5.41) is 3.33. The van der Waals surface area contributed by atoms with Crippen molar-refractivity contribution in [3.8, 4) is 0 Å². The van der Waals surface area contributed by atoms with Crippen LogP contribution in [0.5, 0.6) is 0 Å². The molecule has 2 aliphatic carbocycles. The summed E-state index contributed by atoms with van der Waals surface area (Å²) in [4.78, 5) is 39.9. The number of amides is 1. The molecule has 0 bridgehead atoms. The molecule has 2 saturated heterocycles. The van der Waals surface area contributed by atoms with E-state index in [2.05, 4.69) is 5.32 Å². The molecule has 0 unspecified atom stereocenters. The topological polar surface area (TPSA) is 130 Å². The van der Waals surface area contributed by atoms with Crippen molar-refractivity contribution in [2.24, 2.45) is 17.6 Å². The number of nitrogens with two attached hydrogens (primary N) is 1. The van der Waals surface area contributed by atoms with E-state index in [-0.39, 0.29) is 36.0 Å². The number of piperazine rings is 1. The van der Waals surface area contributed by atoms with Gasteiger partial charge in [-0.2, -0.15) is 0 Å². The van der Waals surface area contributed by atoms with Gasteiger partial charge >= 0.3 is 6.09 Å². The van der Waals surface area contributed by atoms with Gasteiger partial charge in [-0.15, -0.1) is 0 Å². The van der Waals surface area contributed by atoms with E-state index >= 15 is 0 Å². The first-order valence-corrected chi connectivity index (χ1v) is 10.1. The van der Waals surface area contributed by atoms with Crippen molar-refractivity contribution in [1.29, 1.82) is 0 Å². The maximum absolute atomic E-state index is 13.5. The van der Waals surface area contributed by atoms with E-state index in [1.54, 1.807) is 14.0 Å². The summed E-state index contributed by atoms with van der Waals surface area (Å²) in [5.41, 5.74) is 5.20. The molecule has 5 aliphatic rings. The number of hydrogen-bond donors (Lipinski definition) is 2. The number of rotatable bonds is 6. The highest BCUT2D eigenvalue weighted by Gasteiger charge is 2.72. The third-order valence-electron chi connectivity index (χ3n) is 7.06. The van der Waals surface area contributed by atoms with Gasteiger partial charge in [0.2, 0.25) is 11.6 Å². The molecular weight excluding hydrogens is 378 g/mol. The Kier molecular flexibility index (Phi) is 4.05. The summed E-state index contributed by atoms with van der Waals surface area (Å²) in [7, 11) is 1.55. The first-order chi connectivity index (χ1) is 13.9. The van der Waals surface area contributed by atoms with Crippen LogP contribution in [-0.2, 0) is 23.8 Å². The number of methoxy groups -OCH3 is 1. The Bertz CT molecular complexity index is 875. The fraction of sp³-hybridized carbons (Fsp3) is 0.650. The van der Waals surface area contributed by atoms with Gasteiger partial charge in [-0.25, -0.2) is 4.79 Å². The predicted octanol–water partition coefficient (Wildman–Crippen LogP) is 0.207. The van der Waals surface area contributed by atoms with Crippen molar-refractivity contribution in [3.05, 3.63) is 22.6 Å². The molecule has 3 N–H and O–H groups in total.